The zero-order chi connectivity index (χ0) is 14.9. The number of hydrogen-bond acceptors (Lipinski definition) is 2. The first-order chi connectivity index (χ1) is 10.1. The first kappa shape index (κ1) is 14.9. The molecule has 4 unspecified atom stereocenters. The lowest BCUT2D eigenvalue weighted by atomic mass is 9.79. The Balaban J connectivity index is 1.63. The van der Waals surface area contributed by atoms with Crippen molar-refractivity contribution in [3.05, 3.63) is 0 Å². The van der Waals surface area contributed by atoms with Gasteiger partial charge in [0.1, 0.15) is 5.41 Å². The van der Waals surface area contributed by atoms with Gasteiger partial charge in [-0.1, -0.05) is 32.1 Å². The highest BCUT2D eigenvalue weighted by Crippen LogP contribution is 2.49. The molecule has 0 aliphatic heterocycles. The normalized spacial score (nSPS) is 35.7. The summed E-state index contributed by atoms with van der Waals surface area (Å²) >= 11 is 0. The summed E-state index contributed by atoms with van der Waals surface area (Å²) in [6.45, 7) is 2.16. The third-order valence-corrected chi connectivity index (χ3v) is 6.40. The van der Waals surface area contributed by atoms with Gasteiger partial charge in [0.15, 0.2) is 0 Å². The molecule has 4 atom stereocenters. The number of rotatable bonds is 3. The Kier molecular flexibility index (Phi) is 4.24. The molecule has 0 saturated heterocycles. The van der Waals surface area contributed by atoms with E-state index in [2.05, 4.69) is 18.3 Å². The van der Waals surface area contributed by atoms with Gasteiger partial charge in [-0.3, -0.25) is 4.79 Å². The zero-order valence-corrected chi connectivity index (χ0v) is 13.2. The number of fused-ring (bicyclic) bond motifs is 2. The summed E-state index contributed by atoms with van der Waals surface area (Å²) in [6, 6.07) is 2.61. The van der Waals surface area contributed by atoms with Gasteiger partial charge in [0.2, 0.25) is 5.91 Å². The molecule has 116 valence electrons. The summed E-state index contributed by atoms with van der Waals surface area (Å²) in [5.74, 6) is 2.39. The Hall–Kier alpha value is -1.04. The van der Waals surface area contributed by atoms with Crippen LogP contribution in [0.4, 0.5) is 0 Å². The molecule has 0 aromatic heterocycles. The summed E-state index contributed by atoms with van der Waals surface area (Å²) in [5, 5.41) is 12.8. The number of carbonyl (C=O) groups is 1. The number of nitrogens with zero attached hydrogens (tertiary/aromatic N) is 1. The van der Waals surface area contributed by atoms with Crippen molar-refractivity contribution in [3.63, 3.8) is 0 Å². The molecule has 1 amide bonds. The molecule has 1 N–H and O–H groups in total. The van der Waals surface area contributed by atoms with Crippen molar-refractivity contribution in [2.24, 2.45) is 23.2 Å². The van der Waals surface area contributed by atoms with E-state index in [-0.39, 0.29) is 11.9 Å². The van der Waals surface area contributed by atoms with Crippen molar-refractivity contribution >= 4 is 5.91 Å². The molecule has 3 rings (SSSR count). The van der Waals surface area contributed by atoms with E-state index < -0.39 is 5.41 Å². The minimum atomic E-state index is -0.748. The Morgan fingerprint density at radius 2 is 1.90 bits per heavy atom. The summed E-state index contributed by atoms with van der Waals surface area (Å²) < 4.78 is 0. The van der Waals surface area contributed by atoms with Gasteiger partial charge in [-0.2, -0.15) is 5.26 Å². The van der Waals surface area contributed by atoms with E-state index in [1.807, 2.05) is 0 Å². The minimum absolute atomic E-state index is 0.0159. The van der Waals surface area contributed by atoms with Crippen LogP contribution < -0.4 is 5.32 Å². The summed E-state index contributed by atoms with van der Waals surface area (Å²) in [4.78, 5) is 12.7. The largest absolute Gasteiger partial charge is 0.352 e. The van der Waals surface area contributed by atoms with Gasteiger partial charge in [-0.15, -0.1) is 0 Å². The third kappa shape index (κ3) is 2.82. The molecule has 0 spiro atoms. The molecule has 0 aromatic rings. The van der Waals surface area contributed by atoms with Crippen molar-refractivity contribution in [3.8, 4) is 6.07 Å². The summed E-state index contributed by atoms with van der Waals surface area (Å²) in [5.41, 5.74) is -0.748. The van der Waals surface area contributed by atoms with Crippen LogP contribution in [-0.4, -0.2) is 11.9 Å². The van der Waals surface area contributed by atoms with Gasteiger partial charge in [-0.05, 0) is 56.8 Å². The lowest BCUT2D eigenvalue weighted by Crippen LogP contribution is -2.47. The Morgan fingerprint density at radius 3 is 2.43 bits per heavy atom. The predicted molar refractivity (Wildman–Crippen MR) is 82.3 cm³/mol. The zero-order valence-electron chi connectivity index (χ0n) is 13.2. The Labute approximate surface area is 128 Å². The molecule has 3 heteroatoms. The van der Waals surface area contributed by atoms with Crippen LogP contribution in [0.3, 0.4) is 0 Å². The molecule has 3 aliphatic rings. The van der Waals surface area contributed by atoms with Gasteiger partial charge in [-0.25, -0.2) is 0 Å². The highest BCUT2D eigenvalue weighted by molar-refractivity contribution is 5.85. The highest BCUT2D eigenvalue weighted by Gasteiger charge is 2.44. The second-order valence-electron chi connectivity index (χ2n) is 7.71. The maximum absolute atomic E-state index is 12.7. The average molecular weight is 288 g/mol. The van der Waals surface area contributed by atoms with E-state index >= 15 is 0 Å². The molecule has 0 radical (unpaired) electrons. The standard InChI is InChI=1S/C18H28N2O/c1-13(16-11-14-6-7-15(16)10-14)20-17(21)18(12-19)8-4-2-3-5-9-18/h13-16H,2-11H2,1H3,(H,20,21). The fourth-order valence-corrected chi connectivity index (χ4v) is 5.08. The maximum Gasteiger partial charge on any atom is 0.240 e. The van der Waals surface area contributed by atoms with Crippen molar-refractivity contribution in [1.29, 1.82) is 5.26 Å². The molecule has 0 heterocycles. The van der Waals surface area contributed by atoms with Crippen LogP contribution >= 0.6 is 0 Å². The van der Waals surface area contributed by atoms with Gasteiger partial charge in [0.25, 0.3) is 0 Å². The fraction of sp³-hybridized carbons (Fsp3) is 0.889. The number of nitriles is 1. The number of amides is 1. The van der Waals surface area contributed by atoms with E-state index in [9.17, 15) is 10.1 Å². The molecule has 3 nitrogen and oxygen atoms in total. The van der Waals surface area contributed by atoms with Crippen LogP contribution in [0.5, 0.6) is 0 Å². The fourth-order valence-electron chi connectivity index (χ4n) is 5.08. The molecule has 21 heavy (non-hydrogen) atoms. The number of carbonyl (C=O) groups excluding carboxylic acids is 1. The van der Waals surface area contributed by atoms with Gasteiger partial charge in [0, 0.05) is 6.04 Å². The molecule has 3 fully saturated rings. The lowest BCUT2D eigenvalue weighted by molar-refractivity contribution is -0.130. The summed E-state index contributed by atoms with van der Waals surface area (Å²) in [7, 11) is 0. The van der Waals surface area contributed by atoms with E-state index in [4.69, 9.17) is 0 Å². The molecular formula is C18H28N2O. The van der Waals surface area contributed by atoms with Gasteiger partial charge in [0.05, 0.1) is 6.07 Å². The molecule has 3 saturated carbocycles. The van der Waals surface area contributed by atoms with Crippen molar-refractivity contribution in [2.45, 2.75) is 77.2 Å². The van der Waals surface area contributed by atoms with Crippen LogP contribution in [0.15, 0.2) is 0 Å². The molecule has 2 bridgehead atoms. The van der Waals surface area contributed by atoms with Crippen LogP contribution in [0.25, 0.3) is 0 Å². The number of hydrogen-bond donors (Lipinski definition) is 1. The second-order valence-corrected chi connectivity index (χ2v) is 7.71. The smallest absolute Gasteiger partial charge is 0.240 e. The first-order valence-corrected chi connectivity index (χ1v) is 8.87. The van der Waals surface area contributed by atoms with Crippen LogP contribution in [-0.2, 0) is 4.79 Å². The van der Waals surface area contributed by atoms with Gasteiger partial charge < -0.3 is 5.32 Å². The topological polar surface area (TPSA) is 52.9 Å². The SMILES string of the molecule is CC(NC(=O)C1(C#N)CCCCCC1)C1CC2CCC1C2. The van der Waals surface area contributed by atoms with Crippen LogP contribution in [0.1, 0.15) is 71.1 Å². The molecule has 0 aromatic carbocycles. The summed E-state index contributed by atoms with van der Waals surface area (Å²) in [6.07, 6.45) is 11.3. The van der Waals surface area contributed by atoms with Crippen LogP contribution in [0.2, 0.25) is 0 Å². The Morgan fingerprint density at radius 1 is 1.19 bits per heavy atom. The van der Waals surface area contributed by atoms with E-state index in [0.29, 0.717) is 5.92 Å². The third-order valence-electron chi connectivity index (χ3n) is 6.40. The molecular weight excluding hydrogens is 260 g/mol. The second kappa shape index (κ2) is 5.99. The van der Waals surface area contributed by atoms with E-state index in [1.165, 1.54) is 38.5 Å². The molecule has 3 aliphatic carbocycles. The average Bonchev–Trinajstić information content (AvgIpc) is 3.03. The van der Waals surface area contributed by atoms with Gasteiger partial charge >= 0.3 is 0 Å². The highest BCUT2D eigenvalue weighted by atomic mass is 16.2. The van der Waals surface area contributed by atoms with E-state index in [0.717, 1.165) is 37.5 Å². The van der Waals surface area contributed by atoms with Crippen LogP contribution in [0, 0.1) is 34.5 Å². The predicted octanol–water partition coefficient (Wildman–Crippen LogP) is 3.79. The monoisotopic (exact) mass is 288 g/mol. The van der Waals surface area contributed by atoms with Crippen molar-refractivity contribution in [1.82, 2.24) is 5.32 Å². The lowest BCUT2D eigenvalue weighted by Gasteiger charge is -2.32. The Bertz CT molecular complexity index is 431. The van der Waals surface area contributed by atoms with Crippen molar-refractivity contribution in [2.75, 3.05) is 0 Å². The maximum atomic E-state index is 12.7. The van der Waals surface area contributed by atoms with Crippen molar-refractivity contribution < 1.29 is 4.79 Å². The first-order valence-electron chi connectivity index (χ1n) is 8.87. The minimum Gasteiger partial charge on any atom is -0.352 e. The quantitative estimate of drug-likeness (QED) is 0.803. The number of nitrogens with one attached hydrogen (secondary N) is 1. The van der Waals surface area contributed by atoms with E-state index in [1.54, 1.807) is 0 Å².